The lowest BCUT2D eigenvalue weighted by molar-refractivity contribution is 0.316. The van der Waals surface area contributed by atoms with E-state index in [1.54, 1.807) is 0 Å². The van der Waals surface area contributed by atoms with Crippen LogP contribution in [0.5, 0.6) is 0 Å². The molecule has 4 heteroatoms. The summed E-state index contributed by atoms with van der Waals surface area (Å²) in [5.41, 5.74) is 5.25. The van der Waals surface area contributed by atoms with Crippen LogP contribution < -0.4 is 10.2 Å². The minimum absolute atomic E-state index is 0.592. The van der Waals surface area contributed by atoms with Crippen LogP contribution in [0.3, 0.4) is 0 Å². The molecule has 1 atom stereocenters. The second-order valence-corrected chi connectivity index (χ2v) is 8.89. The molecule has 2 heterocycles. The van der Waals surface area contributed by atoms with E-state index in [1.807, 2.05) is 6.07 Å². The van der Waals surface area contributed by atoms with Gasteiger partial charge in [-0.2, -0.15) is 0 Å². The van der Waals surface area contributed by atoms with Crippen LogP contribution in [0.1, 0.15) is 61.6 Å². The Labute approximate surface area is 174 Å². The van der Waals surface area contributed by atoms with E-state index in [-0.39, 0.29) is 0 Å². The highest BCUT2D eigenvalue weighted by molar-refractivity contribution is 6.33. The number of rotatable bonds is 4. The van der Waals surface area contributed by atoms with E-state index in [9.17, 15) is 0 Å². The average Bonchev–Trinajstić information content (AvgIpc) is 2.99. The first kappa shape index (κ1) is 19.7. The highest BCUT2D eigenvalue weighted by atomic mass is 35.5. The number of fused-ring (bicyclic) bond motifs is 1. The zero-order chi connectivity index (χ0) is 19.5. The van der Waals surface area contributed by atoms with E-state index in [0.29, 0.717) is 5.92 Å². The maximum atomic E-state index is 6.65. The molecular weight excluding hydrogens is 366 g/mol. The number of hydrogen-bond donors (Lipinski definition) is 1. The smallest absolute Gasteiger partial charge is 0.132 e. The van der Waals surface area contributed by atoms with Crippen LogP contribution in [0.2, 0.25) is 5.02 Å². The average molecular weight is 398 g/mol. The van der Waals surface area contributed by atoms with Crippen molar-refractivity contribution in [1.82, 2.24) is 10.3 Å². The first-order valence-corrected chi connectivity index (χ1v) is 11.2. The molecule has 0 saturated heterocycles. The molecule has 0 bridgehead atoms. The maximum absolute atomic E-state index is 6.65. The second-order valence-electron chi connectivity index (χ2n) is 8.48. The number of aromatic nitrogens is 1. The van der Waals surface area contributed by atoms with Gasteiger partial charge in [0.2, 0.25) is 0 Å². The fourth-order valence-electron chi connectivity index (χ4n) is 4.97. The van der Waals surface area contributed by atoms with Crippen molar-refractivity contribution in [3.8, 4) is 0 Å². The number of anilines is 2. The molecule has 0 spiro atoms. The number of nitrogens with one attached hydrogen (secondary N) is 1. The molecule has 3 nitrogen and oxygen atoms in total. The number of nitrogens with zero attached hydrogens (tertiary/aromatic N) is 2. The predicted octanol–water partition coefficient (Wildman–Crippen LogP) is 5.87. The van der Waals surface area contributed by atoms with Crippen molar-refractivity contribution in [3.63, 3.8) is 0 Å². The third-order valence-electron chi connectivity index (χ3n) is 6.79. The molecule has 2 aromatic rings. The van der Waals surface area contributed by atoms with Gasteiger partial charge < -0.3 is 10.2 Å². The van der Waals surface area contributed by atoms with Crippen molar-refractivity contribution in [2.75, 3.05) is 25.0 Å². The van der Waals surface area contributed by atoms with E-state index in [0.717, 1.165) is 48.4 Å². The van der Waals surface area contributed by atoms with Gasteiger partial charge >= 0.3 is 0 Å². The normalized spacial score (nSPS) is 19.0. The van der Waals surface area contributed by atoms with E-state index >= 15 is 0 Å². The van der Waals surface area contributed by atoms with E-state index in [1.165, 1.54) is 48.8 Å². The molecule has 1 aromatic heterocycles. The van der Waals surface area contributed by atoms with Crippen LogP contribution in [-0.2, 0) is 12.8 Å². The number of benzene rings is 1. The zero-order valence-electron chi connectivity index (χ0n) is 17.2. The Kier molecular flexibility index (Phi) is 6.22. The summed E-state index contributed by atoms with van der Waals surface area (Å²) in [7, 11) is 2.09. The Morgan fingerprint density at radius 1 is 1.07 bits per heavy atom. The van der Waals surface area contributed by atoms with Gasteiger partial charge in [0.25, 0.3) is 0 Å². The van der Waals surface area contributed by atoms with Crippen molar-refractivity contribution >= 4 is 23.1 Å². The fourth-order valence-corrected chi connectivity index (χ4v) is 5.28. The fraction of sp³-hybridized carbons (Fsp3) is 0.542. The van der Waals surface area contributed by atoms with Crippen molar-refractivity contribution < 1.29 is 0 Å². The Balaban J connectivity index is 1.58. The molecule has 1 N–H and O–H groups in total. The minimum Gasteiger partial charge on any atom is -0.328 e. The maximum Gasteiger partial charge on any atom is 0.132 e. The molecule has 150 valence electrons. The van der Waals surface area contributed by atoms with Gasteiger partial charge in [-0.3, -0.25) is 0 Å². The molecule has 0 radical (unpaired) electrons. The van der Waals surface area contributed by atoms with Crippen LogP contribution in [0.4, 0.5) is 11.5 Å². The van der Waals surface area contributed by atoms with Crippen molar-refractivity contribution in [1.29, 1.82) is 0 Å². The van der Waals surface area contributed by atoms with Crippen LogP contribution in [0, 0.1) is 5.92 Å². The van der Waals surface area contributed by atoms with Gasteiger partial charge in [0.05, 0.1) is 10.7 Å². The van der Waals surface area contributed by atoms with Crippen LogP contribution in [0.25, 0.3) is 0 Å². The zero-order valence-corrected chi connectivity index (χ0v) is 17.9. The minimum atomic E-state index is 0.592. The van der Waals surface area contributed by atoms with Crippen molar-refractivity contribution in [2.24, 2.45) is 5.92 Å². The quantitative estimate of drug-likeness (QED) is 0.698. The summed E-state index contributed by atoms with van der Waals surface area (Å²) in [5.74, 6) is 2.37. The lowest BCUT2D eigenvalue weighted by Gasteiger charge is -2.28. The summed E-state index contributed by atoms with van der Waals surface area (Å²) in [4.78, 5) is 7.00. The monoisotopic (exact) mass is 397 g/mol. The SMILES string of the molecule is CC(c1ccc(N(C)c2c(Cl)ccc3c2CCNCC3)nc1)C1CCCCC1. The molecule has 1 fully saturated rings. The summed E-state index contributed by atoms with van der Waals surface area (Å²) in [6.45, 7) is 4.40. The van der Waals surface area contributed by atoms with Gasteiger partial charge in [0.15, 0.2) is 0 Å². The number of hydrogen-bond acceptors (Lipinski definition) is 3. The number of pyridine rings is 1. The molecule has 1 unspecified atom stereocenters. The predicted molar refractivity (Wildman–Crippen MR) is 119 cm³/mol. The van der Waals surface area contributed by atoms with Gasteiger partial charge in [0.1, 0.15) is 5.82 Å². The van der Waals surface area contributed by atoms with Gasteiger partial charge in [-0.25, -0.2) is 4.98 Å². The largest absolute Gasteiger partial charge is 0.328 e. The second kappa shape index (κ2) is 8.84. The third kappa shape index (κ3) is 4.06. The molecule has 1 aromatic carbocycles. The van der Waals surface area contributed by atoms with Crippen LogP contribution >= 0.6 is 11.6 Å². The number of halogens is 1. The van der Waals surface area contributed by atoms with Crippen LogP contribution in [0.15, 0.2) is 30.5 Å². The molecule has 0 amide bonds. The van der Waals surface area contributed by atoms with Crippen LogP contribution in [-0.4, -0.2) is 25.1 Å². The first-order chi connectivity index (χ1) is 13.6. The molecule has 1 saturated carbocycles. The molecular formula is C24H32ClN3. The Bertz CT molecular complexity index is 796. The van der Waals surface area contributed by atoms with Crippen molar-refractivity contribution in [3.05, 3.63) is 52.2 Å². The summed E-state index contributed by atoms with van der Waals surface area (Å²) >= 11 is 6.65. The molecule has 2 aliphatic rings. The molecule has 4 rings (SSSR count). The molecule has 28 heavy (non-hydrogen) atoms. The lowest BCUT2D eigenvalue weighted by atomic mass is 9.78. The lowest BCUT2D eigenvalue weighted by Crippen LogP contribution is -2.18. The van der Waals surface area contributed by atoms with E-state index in [4.69, 9.17) is 16.6 Å². The van der Waals surface area contributed by atoms with E-state index < -0.39 is 0 Å². The van der Waals surface area contributed by atoms with Gasteiger partial charge in [-0.15, -0.1) is 0 Å². The first-order valence-electron chi connectivity index (χ1n) is 10.9. The summed E-state index contributed by atoms with van der Waals surface area (Å²) in [6.07, 6.45) is 11.0. The highest BCUT2D eigenvalue weighted by Crippen LogP contribution is 2.38. The van der Waals surface area contributed by atoms with Gasteiger partial charge in [-0.05, 0) is 79.4 Å². The van der Waals surface area contributed by atoms with Crippen molar-refractivity contribution in [2.45, 2.75) is 57.8 Å². The van der Waals surface area contributed by atoms with Gasteiger partial charge in [0, 0.05) is 13.2 Å². The Morgan fingerprint density at radius 3 is 2.61 bits per heavy atom. The molecule has 1 aliphatic heterocycles. The Hall–Kier alpha value is -1.58. The summed E-state index contributed by atoms with van der Waals surface area (Å²) in [6, 6.07) is 8.66. The Morgan fingerprint density at radius 2 is 1.86 bits per heavy atom. The summed E-state index contributed by atoms with van der Waals surface area (Å²) < 4.78 is 0. The highest BCUT2D eigenvalue weighted by Gasteiger charge is 2.23. The topological polar surface area (TPSA) is 28.2 Å². The third-order valence-corrected chi connectivity index (χ3v) is 7.09. The van der Waals surface area contributed by atoms with E-state index in [2.05, 4.69) is 48.6 Å². The summed E-state index contributed by atoms with van der Waals surface area (Å²) in [5, 5.41) is 4.30. The van der Waals surface area contributed by atoms with Gasteiger partial charge in [-0.1, -0.05) is 49.9 Å². The standard InChI is InChI=1S/C24H32ClN3/c1-17(18-6-4-3-5-7-18)20-9-11-23(27-16-20)28(2)24-21-13-15-26-14-12-19(21)8-10-22(24)25/h8-11,16-18,26H,3-7,12-15H2,1-2H3. The molecule has 1 aliphatic carbocycles.